The molecule has 7 nitrogen and oxygen atoms in total. The molecule has 0 fully saturated rings. The third-order valence-corrected chi connectivity index (χ3v) is 5.51. The molecule has 3 rings (SSSR count). The van der Waals surface area contributed by atoms with Crippen molar-refractivity contribution in [3.63, 3.8) is 0 Å². The van der Waals surface area contributed by atoms with Gasteiger partial charge in [-0.25, -0.2) is 4.98 Å². The number of hydrogen-bond acceptors (Lipinski definition) is 7. The first kappa shape index (κ1) is 22.4. The zero-order valence-corrected chi connectivity index (χ0v) is 17.0. The van der Waals surface area contributed by atoms with Gasteiger partial charge in [-0.1, -0.05) is 41.7 Å². The lowest BCUT2D eigenvalue weighted by Gasteiger charge is -2.27. The third-order valence-electron chi connectivity index (χ3n) is 4.39. The van der Waals surface area contributed by atoms with Crippen molar-refractivity contribution in [2.45, 2.75) is 25.4 Å². The Balaban J connectivity index is 1.98. The number of alkyl halides is 3. The fraction of sp³-hybridized carbons (Fsp3) is 0.200. The van der Waals surface area contributed by atoms with Crippen LogP contribution in [-0.4, -0.2) is 28.4 Å². The van der Waals surface area contributed by atoms with Crippen molar-refractivity contribution in [1.82, 2.24) is 4.98 Å². The van der Waals surface area contributed by atoms with Gasteiger partial charge in [0.2, 0.25) is 5.91 Å². The first-order valence-electron chi connectivity index (χ1n) is 9.00. The van der Waals surface area contributed by atoms with Crippen LogP contribution in [0, 0.1) is 0 Å². The quantitative estimate of drug-likeness (QED) is 0.503. The van der Waals surface area contributed by atoms with E-state index in [-0.39, 0.29) is 10.9 Å². The number of benzene rings is 2. The van der Waals surface area contributed by atoms with Crippen LogP contribution in [0.3, 0.4) is 0 Å². The molecule has 2 atom stereocenters. The number of aromatic nitrogens is 1. The molecule has 0 bridgehead atoms. The number of thiazole rings is 1. The number of ether oxygens (including phenoxy) is 1. The number of nitrogens with zero attached hydrogens (tertiary/aromatic N) is 2. The van der Waals surface area contributed by atoms with Gasteiger partial charge >= 0.3 is 6.36 Å². The number of carbonyl (C=O) groups is 1. The lowest BCUT2D eigenvalue weighted by Crippen LogP contribution is -2.39. The van der Waals surface area contributed by atoms with Gasteiger partial charge in [-0.2, -0.15) is 0 Å². The van der Waals surface area contributed by atoms with E-state index in [1.165, 1.54) is 24.0 Å². The molecule has 0 aliphatic heterocycles. The van der Waals surface area contributed by atoms with Crippen LogP contribution >= 0.6 is 11.3 Å². The highest BCUT2D eigenvalue weighted by Crippen LogP contribution is 2.39. The van der Waals surface area contributed by atoms with Crippen molar-refractivity contribution < 1.29 is 27.8 Å². The number of halogens is 3. The third kappa shape index (κ3) is 5.25. The van der Waals surface area contributed by atoms with Crippen LogP contribution in [0.2, 0.25) is 0 Å². The Kier molecular flexibility index (Phi) is 6.37. The number of aliphatic hydroxyl groups excluding tert-OH is 1. The zero-order chi connectivity index (χ0) is 22.8. The SMILES string of the molecule is CC(C(N)=O)N(c1ccc(OC(F)(F)F)cc1)c1nc(N)c(C(O)c2ccccc2)s1. The average molecular weight is 452 g/mol. The van der Waals surface area contributed by atoms with E-state index in [1.54, 1.807) is 30.3 Å². The Labute approximate surface area is 179 Å². The first-order chi connectivity index (χ1) is 14.6. The smallest absolute Gasteiger partial charge is 0.406 e. The van der Waals surface area contributed by atoms with Gasteiger partial charge in [-0.15, -0.1) is 13.2 Å². The van der Waals surface area contributed by atoms with Gasteiger partial charge in [-0.05, 0) is 36.8 Å². The van der Waals surface area contributed by atoms with E-state index >= 15 is 0 Å². The van der Waals surface area contributed by atoms with Crippen molar-refractivity contribution in [1.29, 1.82) is 0 Å². The summed E-state index contributed by atoms with van der Waals surface area (Å²) in [6, 6.07) is 12.8. The predicted octanol–water partition coefficient (Wildman–Crippen LogP) is 3.72. The molecule has 11 heteroatoms. The molecule has 3 aromatic rings. The van der Waals surface area contributed by atoms with Gasteiger partial charge in [0.1, 0.15) is 23.7 Å². The average Bonchev–Trinajstić information content (AvgIpc) is 3.09. The fourth-order valence-corrected chi connectivity index (χ4v) is 3.95. The van der Waals surface area contributed by atoms with Crippen LogP contribution < -0.4 is 21.1 Å². The minimum atomic E-state index is -4.83. The second kappa shape index (κ2) is 8.82. The zero-order valence-electron chi connectivity index (χ0n) is 16.2. The molecule has 1 heterocycles. The summed E-state index contributed by atoms with van der Waals surface area (Å²) in [6.45, 7) is 1.52. The minimum Gasteiger partial charge on any atom is -0.406 e. The number of aliphatic hydroxyl groups is 1. The molecule has 0 saturated carbocycles. The number of rotatable bonds is 7. The van der Waals surface area contributed by atoms with Gasteiger partial charge in [0.15, 0.2) is 5.13 Å². The number of primary amides is 1. The summed E-state index contributed by atoms with van der Waals surface area (Å²) in [4.78, 5) is 17.9. The normalized spacial score (nSPS) is 13.5. The van der Waals surface area contributed by atoms with Crippen LogP contribution in [0.5, 0.6) is 5.75 Å². The van der Waals surface area contributed by atoms with Crippen molar-refractivity contribution in [3.8, 4) is 5.75 Å². The number of anilines is 3. The standard InChI is InChI=1S/C20H19F3N4O3S/c1-11(18(25)29)27(13-7-9-14(10-8-13)30-20(21,22)23)19-26-17(24)16(31-19)15(28)12-5-3-2-4-6-12/h2-11,15,28H,24H2,1H3,(H2,25,29). The highest BCUT2D eigenvalue weighted by molar-refractivity contribution is 7.16. The number of amides is 1. The maximum atomic E-state index is 12.4. The molecule has 0 aliphatic carbocycles. The summed E-state index contributed by atoms with van der Waals surface area (Å²) in [7, 11) is 0. The van der Waals surface area contributed by atoms with Crippen molar-refractivity contribution in [2.75, 3.05) is 10.6 Å². The molecule has 0 aliphatic rings. The number of nitrogen functional groups attached to an aromatic ring is 1. The van der Waals surface area contributed by atoms with Crippen LogP contribution in [0.25, 0.3) is 0 Å². The summed E-state index contributed by atoms with van der Waals surface area (Å²) in [5, 5.41) is 10.9. The van der Waals surface area contributed by atoms with E-state index in [4.69, 9.17) is 11.5 Å². The van der Waals surface area contributed by atoms with Crippen molar-refractivity contribution in [3.05, 3.63) is 65.0 Å². The molecular formula is C20H19F3N4O3S. The molecule has 31 heavy (non-hydrogen) atoms. The topological polar surface area (TPSA) is 115 Å². The van der Waals surface area contributed by atoms with Crippen molar-refractivity contribution in [2.24, 2.45) is 5.73 Å². The van der Waals surface area contributed by atoms with E-state index in [1.807, 2.05) is 0 Å². The number of nitrogens with two attached hydrogens (primary N) is 2. The Hall–Kier alpha value is -3.31. The molecule has 0 spiro atoms. The van der Waals surface area contributed by atoms with Gasteiger partial charge in [0, 0.05) is 5.69 Å². The molecule has 5 N–H and O–H groups in total. The number of hydrogen-bond donors (Lipinski definition) is 3. The van der Waals surface area contributed by atoms with Crippen LogP contribution in [-0.2, 0) is 4.79 Å². The Morgan fingerprint density at radius 3 is 2.32 bits per heavy atom. The molecule has 2 unspecified atom stereocenters. The van der Waals surface area contributed by atoms with Crippen molar-refractivity contribution >= 4 is 33.9 Å². The summed E-state index contributed by atoms with van der Waals surface area (Å²) in [6.07, 6.45) is -5.87. The van der Waals surface area contributed by atoms with E-state index in [9.17, 15) is 23.1 Å². The number of carbonyl (C=O) groups excluding carboxylic acids is 1. The van der Waals surface area contributed by atoms with Gasteiger partial charge in [0.05, 0.1) is 4.88 Å². The Morgan fingerprint density at radius 1 is 1.16 bits per heavy atom. The van der Waals surface area contributed by atoms with E-state index in [0.717, 1.165) is 23.5 Å². The molecule has 1 amide bonds. The van der Waals surface area contributed by atoms with Gasteiger partial charge in [0.25, 0.3) is 0 Å². The van der Waals surface area contributed by atoms with Crippen LogP contribution in [0.4, 0.5) is 29.8 Å². The molecule has 0 radical (unpaired) electrons. The largest absolute Gasteiger partial charge is 0.573 e. The Bertz CT molecular complexity index is 1040. The predicted molar refractivity (Wildman–Crippen MR) is 111 cm³/mol. The first-order valence-corrected chi connectivity index (χ1v) is 9.82. The lowest BCUT2D eigenvalue weighted by molar-refractivity contribution is -0.274. The minimum absolute atomic E-state index is 0.0649. The summed E-state index contributed by atoms with van der Waals surface area (Å²) in [5.74, 6) is -1.04. The molecule has 2 aromatic carbocycles. The maximum Gasteiger partial charge on any atom is 0.573 e. The second-order valence-corrected chi connectivity index (χ2v) is 7.56. The van der Waals surface area contributed by atoms with Crippen LogP contribution in [0.1, 0.15) is 23.5 Å². The second-order valence-electron chi connectivity index (χ2n) is 6.55. The molecular weight excluding hydrogens is 433 g/mol. The van der Waals surface area contributed by atoms with Gasteiger partial charge < -0.3 is 26.2 Å². The summed E-state index contributed by atoms with van der Waals surface area (Å²) < 4.78 is 41.1. The monoisotopic (exact) mass is 452 g/mol. The van der Waals surface area contributed by atoms with E-state index in [2.05, 4.69) is 9.72 Å². The van der Waals surface area contributed by atoms with Crippen LogP contribution in [0.15, 0.2) is 54.6 Å². The fourth-order valence-electron chi connectivity index (χ4n) is 2.85. The highest BCUT2D eigenvalue weighted by Gasteiger charge is 2.31. The van der Waals surface area contributed by atoms with Gasteiger partial charge in [-0.3, -0.25) is 4.79 Å². The summed E-state index contributed by atoms with van der Waals surface area (Å²) >= 11 is 1.05. The summed E-state index contributed by atoms with van der Waals surface area (Å²) in [5.41, 5.74) is 12.4. The molecule has 164 valence electrons. The van der Waals surface area contributed by atoms with E-state index < -0.39 is 30.2 Å². The highest BCUT2D eigenvalue weighted by atomic mass is 32.1. The van der Waals surface area contributed by atoms with E-state index in [0.29, 0.717) is 16.1 Å². The molecule has 0 saturated heterocycles. The Morgan fingerprint density at radius 2 is 1.77 bits per heavy atom. The molecule has 1 aromatic heterocycles. The maximum absolute atomic E-state index is 12.4. The lowest BCUT2D eigenvalue weighted by atomic mass is 10.1.